The third-order valence-corrected chi connectivity index (χ3v) is 5.45. The fraction of sp³-hybridized carbons (Fsp3) is 0.571. The predicted molar refractivity (Wildman–Crippen MR) is 83.3 cm³/mol. The van der Waals surface area contributed by atoms with Gasteiger partial charge in [-0.05, 0) is 44.5 Å². The van der Waals surface area contributed by atoms with Crippen molar-refractivity contribution in [2.24, 2.45) is 0 Å². The van der Waals surface area contributed by atoms with Gasteiger partial charge in [-0.3, -0.25) is 10.1 Å². The highest BCUT2D eigenvalue weighted by atomic mass is 32.2. The van der Waals surface area contributed by atoms with Crippen LogP contribution in [-0.2, 0) is 10.0 Å². The Balaban J connectivity index is 1.99. The molecule has 1 heterocycles. The summed E-state index contributed by atoms with van der Waals surface area (Å²) in [5, 5.41) is 10.7. The first-order valence-electron chi connectivity index (χ1n) is 7.37. The first-order valence-corrected chi connectivity index (χ1v) is 8.85. The number of nitrogens with one attached hydrogen (secondary N) is 1. The van der Waals surface area contributed by atoms with E-state index in [1.165, 1.54) is 24.6 Å². The maximum atomic E-state index is 12.3. The van der Waals surface area contributed by atoms with E-state index in [0.717, 1.165) is 25.9 Å². The van der Waals surface area contributed by atoms with Gasteiger partial charge >= 0.3 is 0 Å². The maximum Gasteiger partial charge on any atom is 0.269 e. The fourth-order valence-corrected chi connectivity index (χ4v) is 3.89. The Hall–Kier alpha value is -1.51. The average Bonchev–Trinajstić information content (AvgIpc) is 2.47. The van der Waals surface area contributed by atoms with Crippen LogP contribution >= 0.6 is 0 Å². The summed E-state index contributed by atoms with van der Waals surface area (Å²) in [6, 6.07) is 3.78. The van der Waals surface area contributed by atoms with Crippen LogP contribution in [0.25, 0.3) is 0 Å². The molecular formula is C14H21N3O4S. The van der Waals surface area contributed by atoms with Crippen LogP contribution in [0.3, 0.4) is 0 Å². The largest absolute Gasteiger partial charge is 0.302 e. The Morgan fingerprint density at radius 3 is 2.55 bits per heavy atom. The van der Waals surface area contributed by atoms with Gasteiger partial charge in [0.05, 0.1) is 9.82 Å². The van der Waals surface area contributed by atoms with Crippen LogP contribution < -0.4 is 4.72 Å². The molecule has 0 bridgehead atoms. The predicted octanol–water partition coefficient (Wildman–Crippen LogP) is 1.67. The molecule has 1 saturated heterocycles. The molecule has 1 N–H and O–H groups in total. The van der Waals surface area contributed by atoms with Crippen molar-refractivity contribution in [2.75, 3.05) is 26.2 Å². The highest BCUT2D eigenvalue weighted by molar-refractivity contribution is 7.89. The lowest BCUT2D eigenvalue weighted by molar-refractivity contribution is -0.385. The fourth-order valence-electron chi connectivity index (χ4n) is 2.65. The van der Waals surface area contributed by atoms with Crippen molar-refractivity contribution in [3.05, 3.63) is 33.9 Å². The second-order valence-electron chi connectivity index (χ2n) is 5.51. The van der Waals surface area contributed by atoms with E-state index in [4.69, 9.17) is 0 Å². The van der Waals surface area contributed by atoms with Gasteiger partial charge in [-0.25, -0.2) is 13.1 Å². The van der Waals surface area contributed by atoms with Crippen molar-refractivity contribution in [2.45, 2.75) is 31.1 Å². The molecule has 1 aromatic carbocycles. The molecule has 0 spiro atoms. The highest BCUT2D eigenvalue weighted by Crippen LogP contribution is 2.20. The van der Waals surface area contributed by atoms with E-state index in [1.54, 1.807) is 6.92 Å². The number of hydrogen-bond acceptors (Lipinski definition) is 5. The smallest absolute Gasteiger partial charge is 0.269 e. The number of hydrogen-bond donors (Lipinski definition) is 1. The number of aryl methyl sites for hydroxylation is 1. The third kappa shape index (κ3) is 4.25. The SMILES string of the molecule is Cc1cc([N+](=O)[O-])ccc1S(=O)(=O)NCCN1CCCCC1. The molecule has 1 aliphatic heterocycles. The number of nitrogens with zero attached hydrogens (tertiary/aromatic N) is 2. The van der Waals surface area contributed by atoms with E-state index in [-0.39, 0.29) is 10.6 Å². The van der Waals surface area contributed by atoms with Crippen LogP contribution in [0.1, 0.15) is 24.8 Å². The lowest BCUT2D eigenvalue weighted by Crippen LogP contribution is -2.37. The van der Waals surface area contributed by atoms with E-state index in [1.807, 2.05) is 0 Å². The number of sulfonamides is 1. The van der Waals surface area contributed by atoms with Crippen molar-refractivity contribution in [1.29, 1.82) is 0 Å². The molecule has 0 amide bonds. The van der Waals surface area contributed by atoms with Gasteiger partial charge in [0.15, 0.2) is 0 Å². The van der Waals surface area contributed by atoms with E-state index in [0.29, 0.717) is 18.7 Å². The van der Waals surface area contributed by atoms with E-state index < -0.39 is 14.9 Å². The minimum atomic E-state index is -3.63. The molecule has 2 rings (SSSR count). The molecule has 0 atom stereocenters. The molecule has 0 radical (unpaired) electrons. The van der Waals surface area contributed by atoms with Gasteiger partial charge in [-0.1, -0.05) is 6.42 Å². The second kappa shape index (κ2) is 7.17. The Bertz CT molecular complexity index is 639. The van der Waals surface area contributed by atoms with Crippen LogP contribution in [0, 0.1) is 17.0 Å². The zero-order valence-electron chi connectivity index (χ0n) is 12.6. The summed E-state index contributed by atoms with van der Waals surface area (Å²) in [7, 11) is -3.63. The first kappa shape index (κ1) is 16.9. The molecule has 22 heavy (non-hydrogen) atoms. The molecule has 1 aromatic rings. The molecule has 0 unspecified atom stereocenters. The summed E-state index contributed by atoms with van der Waals surface area (Å²) in [4.78, 5) is 12.5. The normalized spacial score (nSPS) is 16.6. The minimum Gasteiger partial charge on any atom is -0.302 e. The van der Waals surface area contributed by atoms with Crippen LogP contribution in [0.15, 0.2) is 23.1 Å². The standard InChI is InChI=1S/C14H21N3O4S/c1-12-11-13(17(18)19)5-6-14(12)22(20,21)15-7-10-16-8-3-2-4-9-16/h5-6,11,15H,2-4,7-10H2,1H3. The summed E-state index contributed by atoms with van der Waals surface area (Å²) >= 11 is 0. The number of nitro groups is 1. The minimum absolute atomic E-state index is 0.0942. The molecule has 122 valence electrons. The van der Waals surface area contributed by atoms with E-state index in [2.05, 4.69) is 9.62 Å². The lowest BCUT2D eigenvalue weighted by Gasteiger charge is -2.26. The van der Waals surface area contributed by atoms with Crippen LogP contribution in [0.5, 0.6) is 0 Å². The first-order chi connectivity index (χ1) is 10.4. The zero-order chi connectivity index (χ0) is 16.2. The lowest BCUT2D eigenvalue weighted by atomic mass is 10.1. The number of likely N-dealkylation sites (tertiary alicyclic amines) is 1. The van der Waals surface area contributed by atoms with E-state index >= 15 is 0 Å². The highest BCUT2D eigenvalue weighted by Gasteiger charge is 2.19. The summed E-state index contributed by atoms with van der Waals surface area (Å²) in [5.41, 5.74) is 0.268. The van der Waals surface area contributed by atoms with Crippen molar-refractivity contribution in [3.63, 3.8) is 0 Å². The van der Waals surface area contributed by atoms with Gasteiger partial charge in [0.25, 0.3) is 5.69 Å². The Morgan fingerprint density at radius 1 is 1.27 bits per heavy atom. The monoisotopic (exact) mass is 327 g/mol. The quantitative estimate of drug-likeness (QED) is 0.634. The summed E-state index contributed by atoms with van der Waals surface area (Å²) in [6.07, 6.45) is 3.56. The molecule has 1 fully saturated rings. The molecule has 1 aliphatic rings. The number of benzene rings is 1. The molecule has 0 aromatic heterocycles. The van der Waals surface area contributed by atoms with Crippen molar-refractivity contribution in [3.8, 4) is 0 Å². The summed E-state index contributed by atoms with van der Waals surface area (Å²) in [5.74, 6) is 0. The third-order valence-electron chi connectivity index (χ3n) is 3.83. The van der Waals surface area contributed by atoms with Gasteiger partial charge in [0.2, 0.25) is 10.0 Å². The number of rotatable bonds is 6. The zero-order valence-corrected chi connectivity index (χ0v) is 13.4. The van der Waals surface area contributed by atoms with Crippen molar-refractivity contribution >= 4 is 15.7 Å². The van der Waals surface area contributed by atoms with Crippen molar-refractivity contribution < 1.29 is 13.3 Å². The summed E-state index contributed by atoms with van der Waals surface area (Å²) in [6.45, 7) is 4.62. The van der Waals surface area contributed by atoms with Gasteiger partial charge in [0, 0.05) is 25.2 Å². The average molecular weight is 327 g/mol. The Labute approximate surface area is 130 Å². The van der Waals surface area contributed by atoms with Gasteiger partial charge in [-0.2, -0.15) is 0 Å². The Morgan fingerprint density at radius 2 is 1.95 bits per heavy atom. The Kier molecular flexibility index (Phi) is 5.49. The molecule has 0 aliphatic carbocycles. The molecule has 7 nitrogen and oxygen atoms in total. The van der Waals surface area contributed by atoms with Crippen LogP contribution in [0.4, 0.5) is 5.69 Å². The number of piperidine rings is 1. The van der Waals surface area contributed by atoms with Crippen LogP contribution in [-0.4, -0.2) is 44.4 Å². The van der Waals surface area contributed by atoms with Gasteiger partial charge < -0.3 is 4.90 Å². The molecular weight excluding hydrogens is 306 g/mol. The second-order valence-corrected chi connectivity index (χ2v) is 7.24. The van der Waals surface area contributed by atoms with Gasteiger partial charge in [-0.15, -0.1) is 0 Å². The molecule has 0 saturated carbocycles. The maximum absolute atomic E-state index is 12.3. The van der Waals surface area contributed by atoms with Gasteiger partial charge in [0.1, 0.15) is 0 Å². The number of non-ortho nitro benzene ring substituents is 1. The van der Waals surface area contributed by atoms with Crippen molar-refractivity contribution in [1.82, 2.24) is 9.62 Å². The van der Waals surface area contributed by atoms with Crippen LogP contribution in [0.2, 0.25) is 0 Å². The summed E-state index contributed by atoms with van der Waals surface area (Å²) < 4.78 is 27.1. The molecule has 8 heteroatoms. The topological polar surface area (TPSA) is 92.5 Å². The van der Waals surface area contributed by atoms with E-state index in [9.17, 15) is 18.5 Å². The number of nitro benzene ring substituents is 1.